The van der Waals surface area contributed by atoms with E-state index in [4.69, 9.17) is 0 Å². The van der Waals surface area contributed by atoms with Crippen molar-refractivity contribution in [3.63, 3.8) is 0 Å². The van der Waals surface area contributed by atoms with E-state index in [1.54, 1.807) is 0 Å². The first-order valence-corrected chi connectivity index (χ1v) is 4.64. The van der Waals surface area contributed by atoms with Crippen molar-refractivity contribution in [2.75, 3.05) is 12.0 Å². The van der Waals surface area contributed by atoms with Gasteiger partial charge < -0.3 is 0 Å². The fourth-order valence-electron chi connectivity index (χ4n) is 0.371. The zero-order valence-corrected chi connectivity index (χ0v) is 7.48. The molecule has 0 aromatic heterocycles. The molecule has 0 radical (unpaired) electrons. The molecule has 8 heavy (non-hydrogen) atoms. The average Bonchev–Trinajstić information content (AvgIpc) is 1.67. The lowest BCUT2D eigenvalue weighted by Gasteiger charge is -2.19. The quantitative estimate of drug-likeness (QED) is 0.603. The minimum Gasteiger partial charge on any atom is -0.179 e. The smallest absolute Gasteiger partial charge is 0.0108 e. The predicted octanol–water partition coefficient (Wildman–Crippen LogP) is 2.45. The summed E-state index contributed by atoms with van der Waals surface area (Å²) in [5.41, 5.74) is 0. The van der Waals surface area contributed by atoms with E-state index in [1.807, 2.05) is 11.8 Å². The van der Waals surface area contributed by atoms with Crippen LogP contribution >= 0.6 is 24.4 Å². The van der Waals surface area contributed by atoms with Gasteiger partial charge in [0.05, 0.1) is 0 Å². The third-order valence-electron chi connectivity index (χ3n) is 1.27. The summed E-state index contributed by atoms with van der Waals surface area (Å²) in [5, 5.41) is 0. The lowest BCUT2D eigenvalue weighted by molar-refractivity contribution is 0.694. The first-order valence-electron chi connectivity index (χ1n) is 2.78. The van der Waals surface area contributed by atoms with Crippen LogP contribution in [0, 0.1) is 0 Å². The van der Waals surface area contributed by atoms with E-state index >= 15 is 0 Å². The Morgan fingerprint density at radius 1 is 1.50 bits per heavy atom. The first kappa shape index (κ1) is 8.70. The van der Waals surface area contributed by atoms with Gasteiger partial charge in [0, 0.05) is 4.75 Å². The lowest BCUT2D eigenvalue weighted by atomic mass is 10.1. The van der Waals surface area contributed by atoms with E-state index in [0.29, 0.717) is 4.75 Å². The molecular formula is C6H14S2. The Hall–Kier alpha value is 0.700. The van der Waals surface area contributed by atoms with Gasteiger partial charge in [0.2, 0.25) is 0 Å². The molecule has 0 atom stereocenters. The molecule has 50 valence electrons. The first-order chi connectivity index (χ1) is 3.62. The molecule has 0 heterocycles. The highest BCUT2D eigenvalue weighted by molar-refractivity contribution is 7.99. The van der Waals surface area contributed by atoms with Crippen LogP contribution in [0.25, 0.3) is 0 Å². The maximum Gasteiger partial charge on any atom is 0.0108 e. The summed E-state index contributed by atoms with van der Waals surface area (Å²) in [6, 6.07) is 0. The predicted molar refractivity (Wildman–Crippen MR) is 46.1 cm³/mol. The topological polar surface area (TPSA) is 0 Å². The molecule has 0 aromatic rings. The molecule has 0 amide bonds. The fourth-order valence-corrected chi connectivity index (χ4v) is 1.39. The third kappa shape index (κ3) is 3.67. The Morgan fingerprint density at radius 3 is 2.12 bits per heavy atom. The zero-order valence-electron chi connectivity index (χ0n) is 5.77. The van der Waals surface area contributed by atoms with Gasteiger partial charge in [0.1, 0.15) is 0 Å². The van der Waals surface area contributed by atoms with Crippen molar-refractivity contribution in [3.05, 3.63) is 0 Å². The fraction of sp³-hybridized carbons (Fsp3) is 1.00. The second-order valence-corrected chi connectivity index (χ2v) is 4.40. The van der Waals surface area contributed by atoms with Crippen LogP contribution in [-0.4, -0.2) is 16.8 Å². The van der Waals surface area contributed by atoms with Gasteiger partial charge in [-0.3, -0.25) is 0 Å². The second-order valence-electron chi connectivity index (χ2n) is 2.44. The molecule has 0 unspecified atom stereocenters. The van der Waals surface area contributed by atoms with Crippen molar-refractivity contribution in [2.45, 2.75) is 25.0 Å². The summed E-state index contributed by atoms with van der Waals surface area (Å²) in [4.78, 5) is 0. The minimum absolute atomic E-state index is 0.432. The van der Waals surface area contributed by atoms with Crippen LogP contribution in [0.2, 0.25) is 0 Å². The highest BCUT2D eigenvalue weighted by Crippen LogP contribution is 2.24. The van der Waals surface area contributed by atoms with E-state index in [9.17, 15) is 0 Å². The van der Waals surface area contributed by atoms with E-state index in [-0.39, 0.29) is 0 Å². The molecule has 0 saturated heterocycles. The van der Waals surface area contributed by atoms with Crippen molar-refractivity contribution in [1.82, 2.24) is 0 Å². The molecule has 0 fully saturated rings. The summed E-state index contributed by atoms with van der Waals surface area (Å²) in [6.45, 7) is 4.49. The van der Waals surface area contributed by atoms with Crippen LogP contribution in [0.4, 0.5) is 0 Å². The Balaban J connectivity index is 3.37. The van der Waals surface area contributed by atoms with Crippen molar-refractivity contribution >= 4 is 24.4 Å². The second kappa shape index (κ2) is 3.67. The molecule has 0 bridgehead atoms. The third-order valence-corrected chi connectivity index (χ3v) is 2.80. The Kier molecular flexibility index (Phi) is 4.00. The summed E-state index contributed by atoms with van der Waals surface area (Å²) in [7, 11) is 0. The Bertz CT molecular complexity index is 59.5. The maximum atomic E-state index is 4.15. The van der Waals surface area contributed by atoms with Crippen molar-refractivity contribution in [2.24, 2.45) is 0 Å². The molecule has 2 heteroatoms. The minimum atomic E-state index is 0.432. The SMILES string of the molecule is CSC(C)(C)CCS. The normalized spacial score (nSPS) is 12.0. The van der Waals surface area contributed by atoms with E-state index in [2.05, 4.69) is 32.7 Å². The van der Waals surface area contributed by atoms with E-state index in [1.165, 1.54) is 6.42 Å². The highest BCUT2D eigenvalue weighted by Gasteiger charge is 2.13. The molecule has 0 aromatic carbocycles. The van der Waals surface area contributed by atoms with Gasteiger partial charge in [-0.15, -0.1) is 0 Å². The van der Waals surface area contributed by atoms with Crippen molar-refractivity contribution < 1.29 is 0 Å². The summed E-state index contributed by atoms with van der Waals surface area (Å²) < 4.78 is 0.432. The van der Waals surface area contributed by atoms with Crippen LogP contribution in [0.5, 0.6) is 0 Å². The number of hydrogen-bond donors (Lipinski definition) is 1. The van der Waals surface area contributed by atoms with Gasteiger partial charge in [-0.1, -0.05) is 13.8 Å². The molecule has 0 nitrogen and oxygen atoms in total. The standard InChI is InChI=1S/C6H14S2/c1-6(2,8-3)4-5-7/h7H,4-5H2,1-3H3. The maximum absolute atomic E-state index is 4.15. The van der Waals surface area contributed by atoms with Gasteiger partial charge in [-0.05, 0) is 18.4 Å². The van der Waals surface area contributed by atoms with E-state index in [0.717, 1.165) is 5.75 Å². The molecule has 0 rings (SSSR count). The van der Waals surface area contributed by atoms with Gasteiger partial charge in [-0.2, -0.15) is 24.4 Å². The van der Waals surface area contributed by atoms with Crippen LogP contribution in [0.15, 0.2) is 0 Å². The molecule has 0 aliphatic heterocycles. The number of hydrogen-bond acceptors (Lipinski definition) is 2. The van der Waals surface area contributed by atoms with Gasteiger partial charge in [0.15, 0.2) is 0 Å². The van der Waals surface area contributed by atoms with Crippen LogP contribution < -0.4 is 0 Å². The van der Waals surface area contributed by atoms with Crippen LogP contribution in [-0.2, 0) is 0 Å². The zero-order chi connectivity index (χ0) is 6.62. The molecule has 0 N–H and O–H groups in total. The lowest BCUT2D eigenvalue weighted by Crippen LogP contribution is -2.13. The summed E-state index contributed by atoms with van der Waals surface area (Å²) in [5.74, 6) is 0.994. The largest absolute Gasteiger partial charge is 0.179 e. The van der Waals surface area contributed by atoms with Crippen molar-refractivity contribution in [1.29, 1.82) is 0 Å². The van der Waals surface area contributed by atoms with Gasteiger partial charge >= 0.3 is 0 Å². The van der Waals surface area contributed by atoms with E-state index < -0.39 is 0 Å². The molecular weight excluding hydrogens is 136 g/mol. The Labute approximate surface area is 61.8 Å². The van der Waals surface area contributed by atoms with Gasteiger partial charge in [-0.25, -0.2) is 0 Å². The molecule has 0 aliphatic carbocycles. The molecule has 0 spiro atoms. The highest BCUT2D eigenvalue weighted by atomic mass is 32.2. The summed E-state index contributed by atoms with van der Waals surface area (Å²) in [6.07, 6.45) is 3.33. The van der Waals surface area contributed by atoms with Crippen LogP contribution in [0.3, 0.4) is 0 Å². The average molecular weight is 150 g/mol. The van der Waals surface area contributed by atoms with Crippen LogP contribution in [0.1, 0.15) is 20.3 Å². The van der Waals surface area contributed by atoms with Crippen molar-refractivity contribution in [3.8, 4) is 0 Å². The van der Waals surface area contributed by atoms with Gasteiger partial charge in [0.25, 0.3) is 0 Å². The number of thioether (sulfide) groups is 1. The molecule has 0 aliphatic rings. The molecule has 0 saturated carbocycles. The Morgan fingerprint density at radius 2 is 2.00 bits per heavy atom. The number of rotatable bonds is 3. The summed E-state index contributed by atoms with van der Waals surface area (Å²) >= 11 is 6.06. The monoisotopic (exact) mass is 150 g/mol. The number of thiol groups is 1.